The highest BCUT2D eigenvalue weighted by atomic mass is 32.1. The summed E-state index contributed by atoms with van der Waals surface area (Å²) in [6.45, 7) is 0. The molecule has 7 rings (SSSR count). The van der Waals surface area contributed by atoms with Crippen molar-refractivity contribution in [2.24, 2.45) is 8.73 Å². The van der Waals surface area contributed by atoms with E-state index in [9.17, 15) is 26.3 Å². The maximum Gasteiger partial charge on any atom is 0.416 e. The summed E-state index contributed by atoms with van der Waals surface area (Å²) in [7, 11) is 0. The zero-order chi connectivity index (χ0) is 29.2. The molecule has 210 valence electrons. The van der Waals surface area contributed by atoms with E-state index in [1.54, 1.807) is 24.3 Å². The second kappa shape index (κ2) is 9.93. The summed E-state index contributed by atoms with van der Waals surface area (Å²) in [6.07, 6.45) is -8.91. The van der Waals surface area contributed by atoms with Crippen LogP contribution in [0.15, 0.2) is 81.5 Å². The number of rotatable bonds is 4. The van der Waals surface area contributed by atoms with Gasteiger partial charge < -0.3 is 0 Å². The van der Waals surface area contributed by atoms with Crippen molar-refractivity contribution in [1.82, 2.24) is 8.75 Å². The van der Waals surface area contributed by atoms with Gasteiger partial charge >= 0.3 is 12.4 Å². The zero-order valence-electron chi connectivity index (χ0n) is 20.6. The number of alkyl halides is 6. The van der Waals surface area contributed by atoms with E-state index >= 15 is 0 Å². The molecule has 1 aliphatic heterocycles. The Labute approximate surface area is 249 Å². The molecule has 0 bridgehead atoms. The Hall–Kier alpha value is -3.72. The molecule has 0 saturated heterocycles. The molecule has 0 amide bonds. The number of halogens is 6. The Bertz CT molecular complexity index is 1940. The van der Waals surface area contributed by atoms with Crippen LogP contribution in [-0.4, -0.2) is 8.75 Å². The summed E-state index contributed by atoms with van der Waals surface area (Å²) in [5.41, 5.74) is 3.09. The van der Waals surface area contributed by atoms with Crippen molar-refractivity contribution in [3.05, 3.63) is 83.9 Å². The van der Waals surface area contributed by atoms with Crippen LogP contribution in [0.4, 0.5) is 37.7 Å². The van der Waals surface area contributed by atoms with Crippen LogP contribution in [0.25, 0.3) is 52.8 Å². The number of benzene rings is 3. The number of aromatic nitrogens is 2. The smallest absolute Gasteiger partial charge is 0.172 e. The molecule has 3 aromatic carbocycles. The maximum absolute atomic E-state index is 13.3. The minimum Gasteiger partial charge on any atom is -0.172 e. The van der Waals surface area contributed by atoms with Crippen LogP contribution in [0.5, 0.6) is 0 Å². The molecule has 3 aromatic heterocycles. The van der Waals surface area contributed by atoms with E-state index < -0.39 is 23.5 Å². The van der Waals surface area contributed by atoms with Crippen molar-refractivity contribution in [2.45, 2.75) is 12.4 Å². The van der Waals surface area contributed by atoms with Crippen LogP contribution in [0, 0.1) is 0 Å². The SMILES string of the molecule is FC(F)(F)c1cccc(-c2ccc(-c3c4c(c(-c5ccc(-c6cccc(C(F)(F)F)c6)s5)c5nsnc35)N=S=N4)s2)c1. The normalized spacial score (nSPS) is 13.1. The zero-order valence-corrected chi connectivity index (χ0v) is 23.9. The lowest BCUT2D eigenvalue weighted by molar-refractivity contribution is -0.138. The molecule has 0 radical (unpaired) electrons. The van der Waals surface area contributed by atoms with Crippen molar-refractivity contribution in [3.8, 4) is 41.8 Å². The molecule has 0 spiro atoms. The van der Waals surface area contributed by atoms with Gasteiger partial charge in [0.1, 0.15) is 22.4 Å². The van der Waals surface area contributed by atoms with E-state index in [0.717, 1.165) is 57.1 Å². The molecular weight excluding hydrogens is 635 g/mol. The van der Waals surface area contributed by atoms with Crippen LogP contribution < -0.4 is 0 Å². The lowest BCUT2D eigenvalue weighted by Gasteiger charge is -2.10. The summed E-state index contributed by atoms with van der Waals surface area (Å²) in [4.78, 5) is 2.80. The highest BCUT2D eigenvalue weighted by Gasteiger charge is 2.32. The van der Waals surface area contributed by atoms with Gasteiger partial charge in [0, 0.05) is 30.6 Å². The van der Waals surface area contributed by atoms with Crippen LogP contribution in [0.2, 0.25) is 0 Å². The Morgan fingerprint density at radius 1 is 0.524 bits per heavy atom. The van der Waals surface area contributed by atoms with Crippen LogP contribution in [-0.2, 0) is 23.7 Å². The van der Waals surface area contributed by atoms with Gasteiger partial charge in [-0.25, -0.2) is 0 Å². The summed E-state index contributed by atoms with van der Waals surface area (Å²) in [5, 5.41) is 0. The minimum absolute atomic E-state index is 0.443. The fraction of sp³-hybridized carbons (Fsp3) is 0.0714. The molecule has 0 saturated carbocycles. The van der Waals surface area contributed by atoms with Crippen molar-refractivity contribution in [3.63, 3.8) is 0 Å². The molecule has 4 heterocycles. The van der Waals surface area contributed by atoms with Crippen molar-refractivity contribution >= 4 is 68.2 Å². The monoisotopic (exact) mass is 646 g/mol. The predicted molar refractivity (Wildman–Crippen MR) is 156 cm³/mol. The Balaban J connectivity index is 1.33. The van der Waals surface area contributed by atoms with Gasteiger partial charge in [-0.05, 0) is 59.7 Å². The van der Waals surface area contributed by atoms with E-state index in [0.29, 0.717) is 54.4 Å². The van der Waals surface area contributed by atoms with E-state index in [1.165, 1.54) is 34.8 Å². The van der Waals surface area contributed by atoms with Gasteiger partial charge in [0.15, 0.2) is 0 Å². The minimum atomic E-state index is -4.45. The first-order chi connectivity index (χ1) is 20.1. The van der Waals surface area contributed by atoms with Gasteiger partial charge in [-0.2, -0.15) is 43.8 Å². The third-order valence-electron chi connectivity index (χ3n) is 6.58. The number of fused-ring (bicyclic) bond motifs is 2. The molecule has 0 atom stereocenters. The average Bonchev–Trinajstić information content (AvgIpc) is 3.77. The first-order valence-electron chi connectivity index (χ1n) is 12.0. The molecular formula is C28H12F6N4S4. The predicted octanol–water partition coefficient (Wildman–Crippen LogP) is 11.2. The van der Waals surface area contributed by atoms with E-state index in [2.05, 4.69) is 17.5 Å². The third-order valence-corrected chi connectivity index (χ3v) is 9.94. The van der Waals surface area contributed by atoms with E-state index in [1.807, 2.05) is 12.1 Å². The van der Waals surface area contributed by atoms with Gasteiger partial charge in [0.2, 0.25) is 0 Å². The van der Waals surface area contributed by atoms with E-state index in [4.69, 9.17) is 0 Å². The number of nitrogens with zero attached hydrogens (tertiary/aromatic N) is 4. The van der Waals surface area contributed by atoms with E-state index in [-0.39, 0.29) is 0 Å². The first kappa shape index (κ1) is 27.1. The number of hydrogen-bond acceptors (Lipinski definition) is 7. The van der Waals surface area contributed by atoms with Gasteiger partial charge in [-0.3, -0.25) is 0 Å². The lowest BCUT2D eigenvalue weighted by atomic mass is 10.0. The van der Waals surface area contributed by atoms with Gasteiger partial charge in [-0.1, -0.05) is 24.3 Å². The van der Waals surface area contributed by atoms with Gasteiger partial charge in [0.05, 0.1) is 34.2 Å². The fourth-order valence-corrected chi connectivity index (χ4v) is 7.89. The molecule has 14 heteroatoms. The highest BCUT2D eigenvalue weighted by Crippen LogP contribution is 2.54. The average molecular weight is 647 g/mol. The fourth-order valence-electron chi connectivity index (χ4n) is 4.68. The van der Waals surface area contributed by atoms with Crippen LogP contribution in [0.3, 0.4) is 0 Å². The first-order valence-corrected chi connectivity index (χ1v) is 15.1. The summed E-state index contributed by atoms with van der Waals surface area (Å²) < 4.78 is 98.0. The lowest BCUT2D eigenvalue weighted by Crippen LogP contribution is -2.04. The van der Waals surface area contributed by atoms with Crippen molar-refractivity contribution in [1.29, 1.82) is 0 Å². The number of thiophene rings is 2. The van der Waals surface area contributed by atoms with Gasteiger partial charge in [-0.15, -0.1) is 22.7 Å². The largest absolute Gasteiger partial charge is 0.416 e. The van der Waals surface area contributed by atoms with Crippen molar-refractivity contribution < 1.29 is 26.3 Å². The number of hydrogen-bond donors (Lipinski definition) is 0. The summed E-state index contributed by atoms with van der Waals surface area (Å²) in [6, 6.07) is 17.5. The summed E-state index contributed by atoms with van der Waals surface area (Å²) >= 11 is 4.65. The standard InChI is InChI=1S/C28H12F6N4S4/c29-27(30,31)15-5-1-3-13(11-15)17-7-9-19(39-17)21-23-25(37-41-35-23)22(26-24(21)36-42-38-26)20-10-8-18(40-20)14-4-2-6-16(12-14)28(32,33)34/h1-12H. The third kappa shape index (κ3) is 4.68. The second-order valence-electron chi connectivity index (χ2n) is 9.16. The molecule has 0 aliphatic carbocycles. The van der Waals surface area contributed by atoms with Gasteiger partial charge in [0.25, 0.3) is 0 Å². The van der Waals surface area contributed by atoms with Crippen molar-refractivity contribution in [2.75, 3.05) is 0 Å². The highest BCUT2D eigenvalue weighted by molar-refractivity contribution is 7.58. The molecule has 4 nitrogen and oxygen atoms in total. The van der Waals surface area contributed by atoms with Crippen LogP contribution >= 0.6 is 34.4 Å². The Morgan fingerprint density at radius 2 is 0.952 bits per heavy atom. The Kier molecular flexibility index (Phi) is 6.42. The molecule has 1 aliphatic rings. The second-order valence-corrected chi connectivity index (χ2v) is 12.4. The molecule has 0 N–H and O–H groups in total. The summed E-state index contributed by atoms with van der Waals surface area (Å²) in [5.74, 6) is 0. The van der Waals surface area contributed by atoms with Crippen LogP contribution in [0.1, 0.15) is 11.1 Å². The molecule has 0 unspecified atom stereocenters. The molecule has 6 aromatic rings. The maximum atomic E-state index is 13.3. The molecule has 0 fully saturated rings. The Morgan fingerprint density at radius 3 is 1.38 bits per heavy atom. The topological polar surface area (TPSA) is 50.5 Å². The quantitative estimate of drug-likeness (QED) is 0.179. The molecule has 42 heavy (non-hydrogen) atoms.